The number of thiophene rings is 2. The number of nitrogens with zero attached hydrogens (tertiary/aromatic N) is 2. The van der Waals surface area contributed by atoms with E-state index in [2.05, 4.69) is 102 Å². The summed E-state index contributed by atoms with van der Waals surface area (Å²) in [6.45, 7) is 6.56. The molecule has 2 nitrogen and oxygen atoms in total. The van der Waals surface area contributed by atoms with Crippen LogP contribution in [0.1, 0.15) is 26.7 Å². The molecule has 0 amide bonds. The topological polar surface area (TPSA) is 7.76 Å². The van der Waals surface area contributed by atoms with Crippen LogP contribution in [0.15, 0.2) is 48.5 Å². The molecule has 4 rings (SSSR count). The van der Waals surface area contributed by atoms with Crippen LogP contribution in [0.5, 0.6) is 0 Å². The molecule has 0 radical (unpaired) electrons. The van der Waals surface area contributed by atoms with Gasteiger partial charge in [-0.1, -0.05) is 0 Å². The smallest absolute Gasteiger partial charge is 0.197 e. The van der Waals surface area contributed by atoms with Gasteiger partial charge in [-0.05, 0) is 55.9 Å². The summed E-state index contributed by atoms with van der Waals surface area (Å²) in [6.07, 6.45) is 0.897. The molecule has 4 heterocycles. The van der Waals surface area contributed by atoms with Gasteiger partial charge in [-0.2, -0.15) is 9.13 Å². The third-order valence-electron chi connectivity index (χ3n) is 5.42. The molecule has 0 aromatic carbocycles. The van der Waals surface area contributed by atoms with Gasteiger partial charge in [-0.15, -0.1) is 31.9 Å². The van der Waals surface area contributed by atoms with Crippen LogP contribution in [0.3, 0.4) is 0 Å². The Labute approximate surface area is 183 Å². The second-order valence-electron chi connectivity index (χ2n) is 7.61. The third kappa shape index (κ3) is 3.94. The summed E-state index contributed by atoms with van der Waals surface area (Å²) in [5, 5.41) is 1.27. The molecule has 0 bridgehead atoms. The fraction of sp³-hybridized carbons (Fsp3) is 0.250. The molecule has 1 atom stereocenters. The van der Waals surface area contributed by atoms with Crippen molar-refractivity contribution in [2.24, 2.45) is 14.1 Å². The van der Waals surface area contributed by atoms with Gasteiger partial charge in [-0.3, -0.25) is 0 Å². The van der Waals surface area contributed by atoms with Gasteiger partial charge in [0.15, 0.2) is 11.4 Å². The van der Waals surface area contributed by atoms with E-state index in [4.69, 9.17) is 0 Å². The van der Waals surface area contributed by atoms with Crippen molar-refractivity contribution in [3.63, 3.8) is 0 Å². The monoisotopic (exact) mass is 438 g/mol. The van der Waals surface area contributed by atoms with Crippen molar-refractivity contribution in [3.8, 4) is 21.1 Å². The number of aryl methyl sites for hydroxylation is 3. The van der Waals surface area contributed by atoms with E-state index in [1.165, 1.54) is 53.2 Å². The first kappa shape index (κ1) is 20.4. The van der Waals surface area contributed by atoms with E-state index >= 15 is 0 Å². The van der Waals surface area contributed by atoms with Gasteiger partial charge < -0.3 is 0 Å². The van der Waals surface area contributed by atoms with E-state index < -0.39 is 0 Å². The Hall–Kier alpha value is -1.87. The molecule has 148 valence electrons. The molecule has 0 saturated heterocycles. The molecule has 1 unspecified atom stereocenters. The average molecular weight is 439 g/mol. The molecule has 0 saturated carbocycles. The van der Waals surface area contributed by atoms with Crippen molar-refractivity contribution in [2.45, 2.75) is 27.2 Å². The molecule has 0 aliphatic carbocycles. The normalized spacial score (nSPS) is 11.2. The van der Waals surface area contributed by atoms with E-state index in [0.717, 1.165) is 6.42 Å². The van der Waals surface area contributed by atoms with E-state index in [1.807, 2.05) is 22.7 Å². The summed E-state index contributed by atoms with van der Waals surface area (Å²) in [5.74, 6) is 0. The minimum Gasteiger partial charge on any atom is -0.197 e. The van der Waals surface area contributed by atoms with Gasteiger partial charge >= 0.3 is 0 Å². The van der Waals surface area contributed by atoms with Crippen LogP contribution in [0.2, 0.25) is 0 Å². The van der Waals surface area contributed by atoms with Crippen molar-refractivity contribution in [2.75, 3.05) is 0 Å². The van der Waals surface area contributed by atoms with Crippen LogP contribution in [0.25, 0.3) is 21.1 Å². The standard InChI is InChI=1S/C24H27N2PS2/c1-15-12-16(2)28-23(15)20-10-6-8-18(25(20)4)14-19-9-7-11-21(26(19)5)24-22(27)13-17(3)29-24/h6-13H,14,27H2,1-5H3/q+2. The Morgan fingerprint density at radius 2 is 1.28 bits per heavy atom. The first-order valence-corrected chi connectivity index (χ1v) is 12.0. The molecule has 29 heavy (non-hydrogen) atoms. The maximum Gasteiger partial charge on any atom is 0.223 e. The zero-order valence-corrected chi connectivity index (χ0v) is 20.4. The van der Waals surface area contributed by atoms with E-state index in [-0.39, 0.29) is 0 Å². The predicted octanol–water partition coefficient (Wildman–Crippen LogP) is 4.81. The van der Waals surface area contributed by atoms with E-state index in [9.17, 15) is 0 Å². The summed E-state index contributed by atoms with van der Waals surface area (Å²) in [5.41, 5.74) is 6.54. The molecule has 0 aliphatic heterocycles. The SMILES string of the molecule is Cc1cc(C)c(-c2cccc(Cc3cccc(-c4sc(C)cc4P)[n+]3C)[n+]2C)s1. The number of hydrogen-bond acceptors (Lipinski definition) is 2. The Balaban J connectivity index is 1.74. The van der Waals surface area contributed by atoms with E-state index in [0.29, 0.717) is 0 Å². The second-order valence-corrected chi connectivity index (χ2v) is 10.7. The molecule has 4 aromatic heterocycles. The zero-order valence-electron chi connectivity index (χ0n) is 17.6. The highest BCUT2D eigenvalue weighted by Gasteiger charge is 2.23. The Bertz CT molecular complexity index is 1110. The van der Waals surface area contributed by atoms with Crippen molar-refractivity contribution >= 4 is 37.2 Å². The lowest BCUT2D eigenvalue weighted by molar-refractivity contribution is -0.680. The number of pyridine rings is 2. The summed E-state index contributed by atoms with van der Waals surface area (Å²) in [7, 11) is 7.25. The molecule has 0 spiro atoms. The van der Waals surface area contributed by atoms with Gasteiger partial charge in [0.05, 0.1) is 0 Å². The summed E-state index contributed by atoms with van der Waals surface area (Å²) < 4.78 is 4.69. The van der Waals surface area contributed by atoms with E-state index in [1.54, 1.807) is 0 Å². The fourth-order valence-electron chi connectivity index (χ4n) is 3.88. The van der Waals surface area contributed by atoms with Crippen LogP contribution < -0.4 is 14.4 Å². The van der Waals surface area contributed by atoms with Crippen LogP contribution in [0.4, 0.5) is 0 Å². The largest absolute Gasteiger partial charge is 0.223 e. The molecule has 0 aliphatic rings. The van der Waals surface area contributed by atoms with Crippen molar-refractivity contribution in [1.29, 1.82) is 0 Å². The molecular formula is C24H27N2PS2+2. The molecular weight excluding hydrogens is 411 g/mol. The van der Waals surface area contributed by atoms with Crippen LogP contribution >= 0.6 is 31.9 Å². The number of aromatic nitrogens is 2. The van der Waals surface area contributed by atoms with Crippen LogP contribution in [0, 0.1) is 20.8 Å². The summed E-state index contributed by atoms with van der Waals surface area (Å²) in [4.78, 5) is 5.41. The predicted molar refractivity (Wildman–Crippen MR) is 128 cm³/mol. The van der Waals surface area contributed by atoms with Crippen molar-refractivity contribution in [3.05, 3.63) is 75.2 Å². The summed E-state index contributed by atoms with van der Waals surface area (Å²) in [6, 6.07) is 17.8. The Kier molecular flexibility index (Phi) is 5.70. The van der Waals surface area contributed by atoms with Crippen molar-refractivity contribution < 1.29 is 9.13 Å². The first-order chi connectivity index (χ1) is 13.8. The molecule has 0 fully saturated rings. The molecule has 0 N–H and O–H groups in total. The van der Waals surface area contributed by atoms with Gasteiger partial charge in [0.1, 0.15) is 30.3 Å². The minimum atomic E-state index is 0.897. The maximum absolute atomic E-state index is 2.88. The zero-order chi connectivity index (χ0) is 20.7. The molecule has 5 heteroatoms. The lowest BCUT2D eigenvalue weighted by Gasteiger charge is -2.06. The highest BCUT2D eigenvalue weighted by atomic mass is 32.1. The minimum absolute atomic E-state index is 0.897. The van der Waals surface area contributed by atoms with Gasteiger partial charge in [0, 0.05) is 34.0 Å². The quantitative estimate of drug-likeness (QED) is 0.319. The van der Waals surface area contributed by atoms with Gasteiger partial charge in [0.2, 0.25) is 11.4 Å². The first-order valence-electron chi connectivity index (χ1n) is 9.74. The summed E-state index contributed by atoms with van der Waals surface area (Å²) >= 11 is 3.73. The maximum atomic E-state index is 2.88. The number of rotatable bonds is 4. The lowest BCUT2D eigenvalue weighted by atomic mass is 10.1. The second kappa shape index (κ2) is 8.10. The van der Waals surface area contributed by atoms with Crippen molar-refractivity contribution in [1.82, 2.24) is 0 Å². The van der Waals surface area contributed by atoms with Crippen LogP contribution in [-0.4, -0.2) is 0 Å². The van der Waals surface area contributed by atoms with Gasteiger partial charge in [-0.25, -0.2) is 0 Å². The van der Waals surface area contributed by atoms with Crippen LogP contribution in [-0.2, 0) is 20.5 Å². The highest BCUT2D eigenvalue weighted by Crippen LogP contribution is 2.30. The third-order valence-corrected chi connectivity index (χ3v) is 8.35. The lowest BCUT2D eigenvalue weighted by Crippen LogP contribution is -2.41. The number of hydrogen-bond donors (Lipinski definition) is 0. The highest BCUT2D eigenvalue weighted by molar-refractivity contribution is 7.31. The van der Waals surface area contributed by atoms with Gasteiger partial charge in [0.25, 0.3) is 0 Å². The Morgan fingerprint density at radius 3 is 1.76 bits per heavy atom. The average Bonchev–Trinajstić information content (AvgIpc) is 3.18. The fourth-order valence-corrected chi connectivity index (χ4v) is 6.66. The Morgan fingerprint density at radius 1 is 0.759 bits per heavy atom. The molecule has 4 aromatic rings.